The number of hydrogen-bond acceptors (Lipinski definition) is 5. The number of nitrogens with one attached hydrogen (secondary N) is 1. The molecule has 1 aromatic heterocycles. The molecule has 6 nitrogen and oxygen atoms in total. The van der Waals surface area contributed by atoms with Crippen molar-refractivity contribution >= 4 is 23.2 Å². The van der Waals surface area contributed by atoms with E-state index in [2.05, 4.69) is 38.9 Å². The van der Waals surface area contributed by atoms with Gasteiger partial charge in [-0.15, -0.1) is 0 Å². The molecule has 0 aliphatic carbocycles. The van der Waals surface area contributed by atoms with E-state index in [4.69, 9.17) is 11.1 Å². The lowest BCUT2D eigenvalue weighted by atomic mass is 10.2. The maximum atomic E-state index is 7.48. The minimum atomic E-state index is -0.0453. The number of amidine groups is 1. The van der Waals surface area contributed by atoms with E-state index in [-0.39, 0.29) is 5.84 Å². The summed E-state index contributed by atoms with van der Waals surface area (Å²) in [6, 6.07) is 9.80. The Balaban J connectivity index is 2.05. The van der Waals surface area contributed by atoms with Crippen LogP contribution in [0.15, 0.2) is 36.5 Å². The minimum absolute atomic E-state index is 0.0453. The van der Waals surface area contributed by atoms with E-state index >= 15 is 0 Å². The van der Waals surface area contributed by atoms with Crippen LogP contribution in [-0.4, -0.2) is 35.9 Å². The van der Waals surface area contributed by atoms with E-state index in [1.807, 2.05) is 12.1 Å². The molecule has 0 saturated carbocycles. The van der Waals surface area contributed by atoms with Gasteiger partial charge < -0.3 is 15.5 Å². The van der Waals surface area contributed by atoms with Gasteiger partial charge in [-0.1, -0.05) is 12.1 Å². The molecule has 1 aliphatic heterocycles. The summed E-state index contributed by atoms with van der Waals surface area (Å²) in [4.78, 5) is 12.9. The summed E-state index contributed by atoms with van der Waals surface area (Å²) in [6.07, 6.45) is 1.64. The lowest BCUT2D eigenvalue weighted by Gasteiger charge is -2.35. The van der Waals surface area contributed by atoms with Gasteiger partial charge in [0, 0.05) is 26.3 Å². The summed E-state index contributed by atoms with van der Waals surface area (Å²) in [6.45, 7) is 1.69. The molecule has 3 N–H and O–H groups in total. The van der Waals surface area contributed by atoms with Crippen molar-refractivity contribution in [1.82, 2.24) is 9.97 Å². The molecule has 0 saturated heterocycles. The second-order valence-electron chi connectivity index (χ2n) is 4.72. The monoisotopic (exact) mass is 268 g/mol. The number of anilines is 3. The molecular formula is C14H16N6. The number of aromatic nitrogens is 2. The van der Waals surface area contributed by atoms with E-state index in [0.717, 1.165) is 24.5 Å². The van der Waals surface area contributed by atoms with Crippen molar-refractivity contribution in [3.05, 3.63) is 42.2 Å². The molecule has 0 radical (unpaired) electrons. The highest BCUT2D eigenvalue weighted by Gasteiger charge is 2.22. The number of fused-ring (bicyclic) bond motifs is 1. The fraction of sp³-hybridized carbons (Fsp3) is 0.214. The van der Waals surface area contributed by atoms with Crippen molar-refractivity contribution in [3.63, 3.8) is 0 Å². The molecule has 0 unspecified atom stereocenters. The predicted molar refractivity (Wildman–Crippen MR) is 79.8 cm³/mol. The number of nitrogens with zero attached hydrogens (tertiary/aromatic N) is 4. The molecule has 2 aromatic rings. The molecule has 0 fully saturated rings. The van der Waals surface area contributed by atoms with Gasteiger partial charge in [-0.3, -0.25) is 5.41 Å². The first-order chi connectivity index (χ1) is 9.66. The van der Waals surface area contributed by atoms with E-state index < -0.39 is 0 Å². The highest BCUT2D eigenvalue weighted by atomic mass is 15.3. The van der Waals surface area contributed by atoms with Gasteiger partial charge in [-0.05, 0) is 18.2 Å². The Morgan fingerprint density at radius 2 is 1.95 bits per heavy atom. The maximum Gasteiger partial charge on any atom is 0.230 e. The van der Waals surface area contributed by atoms with Gasteiger partial charge in [-0.25, -0.2) is 9.97 Å². The van der Waals surface area contributed by atoms with E-state index in [1.54, 1.807) is 12.3 Å². The third-order valence-electron chi connectivity index (χ3n) is 3.40. The van der Waals surface area contributed by atoms with Gasteiger partial charge in [0.2, 0.25) is 5.95 Å². The fourth-order valence-electron chi connectivity index (χ4n) is 2.34. The Morgan fingerprint density at radius 1 is 1.20 bits per heavy atom. The van der Waals surface area contributed by atoms with Crippen LogP contribution < -0.4 is 15.5 Å². The highest BCUT2D eigenvalue weighted by molar-refractivity contribution is 5.93. The largest absolute Gasteiger partial charge is 0.382 e. The second kappa shape index (κ2) is 4.80. The van der Waals surface area contributed by atoms with Crippen LogP contribution in [0.4, 0.5) is 17.3 Å². The van der Waals surface area contributed by atoms with Gasteiger partial charge >= 0.3 is 0 Å². The van der Waals surface area contributed by atoms with E-state index in [0.29, 0.717) is 11.6 Å². The van der Waals surface area contributed by atoms with Crippen LogP contribution in [0, 0.1) is 5.41 Å². The van der Waals surface area contributed by atoms with Gasteiger partial charge in [0.05, 0.1) is 11.4 Å². The molecule has 0 bridgehead atoms. The highest BCUT2D eigenvalue weighted by Crippen LogP contribution is 2.35. The van der Waals surface area contributed by atoms with Gasteiger partial charge in [0.1, 0.15) is 11.5 Å². The summed E-state index contributed by atoms with van der Waals surface area (Å²) >= 11 is 0. The van der Waals surface area contributed by atoms with Gasteiger partial charge in [0.15, 0.2) is 0 Å². The zero-order chi connectivity index (χ0) is 14.1. The molecule has 0 atom stereocenters. The number of rotatable bonds is 2. The Bertz CT molecular complexity index is 654. The van der Waals surface area contributed by atoms with Crippen LogP contribution in [0.5, 0.6) is 0 Å². The van der Waals surface area contributed by atoms with Crippen molar-refractivity contribution in [2.75, 3.05) is 29.9 Å². The molecule has 3 rings (SSSR count). The average molecular weight is 268 g/mol. The quantitative estimate of drug-likeness (QED) is 0.634. The van der Waals surface area contributed by atoms with Crippen LogP contribution in [0.3, 0.4) is 0 Å². The topological polar surface area (TPSA) is 82.1 Å². The van der Waals surface area contributed by atoms with Crippen molar-refractivity contribution < 1.29 is 0 Å². The van der Waals surface area contributed by atoms with Gasteiger partial charge in [0.25, 0.3) is 0 Å². The number of hydrogen-bond donors (Lipinski definition) is 2. The summed E-state index contributed by atoms with van der Waals surface area (Å²) in [5, 5.41) is 7.48. The van der Waals surface area contributed by atoms with Crippen molar-refractivity contribution in [3.8, 4) is 0 Å². The van der Waals surface area contributed by atoms with Crippen LogP contribution in [0.1, 0.15) is 5.69 Å². The third-order valence-corrected chi connectivity index (χ3v) is 3.40. The second-order valence-corrected chi connectivity index (χ2v) is 4.72. The third kappa shape index (κ3) is 2.05. The number of nitrogens with two attached hydrogens (primary N) is 1. The molecule has 1 aliphatic rings. The van der Waals surface area contributed by atoms with Crippen LogP contribution >= 0.6 is 0 Å². The first-order valence-corrected chi connectivity index (χ1v) is 6.42. The Morgan fingerprint density at radius 3 is 2.70 bits per heavy atom. The number of likely N-dealkylation sites (N-methyl/N-ethyl adjacent to an activating group) is 1. The molecule has 1 aromatic carbocycles. The van der Waals surface area contributed by atoms with Crippen LogP contribution in [0.25, 0.3) is 0 Å². The molecule has 102 valence electrons. The first-order valence-electron chi connectivity index (χ1n) is 6.42. The van der Waals surface area contributed by atoms with E-state index in [9.17, 15) is 0 Å². The number of para-hydroxylation sites is 2. The zero-order valence-corrected chi connectivity index (χ0v) is 11.2. The van der Waals surface area contributed by atoms with Crippen LogP contribution in [-0.2, 0) is 0 Å². The smallest absolute Gasteiger partial charge is 0.230 e. The zero-order valence-electron chi connectivity index (χ0n) is 11.2. The predicted octanol–water partition coefficient (Wildman–Crippen LogP) is 1.35. The molecular weight excluding hydrogens is 252 g/mol. The number of nitrogen functional groups attached to an aromatic ring is 1. The average Bonchev–Trinajstić information content (AvgIpc) is 2.48. The van der Waals surface area contributed by atoms with Crippen LogP contribution in [0.2, 0.25) is 0 Å². The first kappa shape index (κ1) is 12.4. The number of benzene rings is 1. The van der Waals surface area contributed by atoms with Crippen molar-refractivity contribution in [1.29, 1.82) is 5.41 Å². The summed E-state index contributed by atoms with van der Waals surface area (Å²) < 4.78 is 0. The lowest BCUT2D eigenvalue weighted by Crippen LogP contribution is -2.37. The Labute approximate surface area is 117 Å². The molecule has 6 heteroatoms. The molecule has 0 spiro atoms. The molecule has 0 amide bonds. The lowest BCUT2D eigenvalue weighted by molar-refractivity contribution is 0.800. The summed E-state index contributed by atoms with van der Waals surface area (Å²) in [5.74, 6) is 0.536. The summed E-state index contributed by atoms with van der Waals surface area (Å²) in [7, 11) is 2.07. The Kier molecular flexibility index (Phi) is 2.98. The fourth-order valence-corrected chi connectivity index (χ4v) is 2.34. The molecule has 20 heavy (non-hydrogen) atoms. The standard InChI is InChI=1S/C14H16N6/c1-19-8-9-20(12-5-3-2-4-11(12)19)14-17-7-6-10(18-14)13(15)16/h2-7H,8-9H2,1H3,(H3,15,16). The summed E-state index contributed by atoms with van der Waals surface area (Å²) in [5.41, 5.74) is 8.17. The molecule has 2 heterocycles. The van der Waals surface area contributed by atoms with E-state index in [1.165, 1.54) is 0 Å². The van der Waals surface area contributed by atoms with Crippen molar-refractivity contribution in [2.24, 2.45) is 5.73 Å². The van der Waals surface area contributed by atoms with Gasteiger partial charge in [-0.2, -0.15) is 0 Å². The SMILES string of the molecule is CN1CCN(c2nccc(C(=N)N)n2)c2ccccc21. The normalized spacial score (nSPS) is 14.1. The Hall–Kier alpha value is -2.63. The maximum absolute atomic E-state index is 7.48. The minimum Gasteiger partial charge on any atom is -0.382 e. The van der Waals surface area contributed by atoms with Crippen molar-refractivity contribution in [2.45, 2.75) is 0 Å².